The standard InChI is InChI=1S/BrH.4ClH.Ti.Zn/h5*1H;;. The van der Waals surface area contributed by atoms with Crippen molar-refractivity contribution in [1.29, 1.82) is 0 Å². The van der Waals surface area contributed by atoms with Crippen LogP contribution in [0.5, 0.6) is 0 Å². The molecule has 0 saturated heterocycles. The fraction of sp³-hybridized carbons (Fsp3) is 0. The van der Waals surface area contributed by atoms with Gasteiger partial charge < -0.3 is 0 Å². The van der Waals surface area contributed by atoms with Crippen molar-refractivity contribution in [2.24, 2.45) is 0 Å². The molecule has 0 N–H and O–H groups in total. The van der Waals surface area contributed by atoms with Gasteiger partial charge in [-0.2, -0.15) is 0 Å². The Kier molecular flexibility index (Phi) is 835. The van der Waals surface area contributed by atoms with Crippen molar-refractivity contribution >= 4 is 66.6 Å². The van der Waals surface area contributed by atoms with Crippen molar-refractivity contribution in [2.75, 3.05) is 0 Å². The molecule has 0 rings (SSSR count). The fourth-order valence-electron chi connectivity index (χ4n) is 0. The van der Waals surface area contributed by atoms with Crippen LogP contribution in [0.2, 0.25) is 0 Å². The Balaban J connectivity index is 0. The van der Waals surface area contributed by atoms with Crippen LogP contribution in [-0.4, -0.2) is 0 Å². The fourth-order valence-corrected chi connectivity index (χ4v) is 0. The van der Waals surface area contributed by atoms with Gasteiger partial charge in [-0.15, -0.1) is 66.6 Å². The number of hydrogen-bond donors (Lipinski definition) is 0. The van der Waals surface area contributed by atoms with Crippen molar-refractivity contribution in [3.63, 3.8) is 0 Å². The molecular weight excluding hydrogens is 335 g/mol. The van der Waals surface area contributed by atoms with E-state index in [-0.39, 0.29) is 108 Å². The number of rotatable bonds is 0. The first-order chi connectivity index (χ1) is 0. The van der Waals surface area contributed by atoms with Crippen LogP contribution in [0.4, 0.5) is 0 Å². The van der Waals surface area contributed by atoms with Crippen molar-refractivity contribution in [3.05, 3.63) is 0 Å². The Morgan fingerprint density at radius 3 is 0.571 bits per heavy atom. The Hall–Kier alpha value is 2.98. The van der Waals surface area contributed by atoms with Gasteiger partial charge >= 0.3 is 0 Å². The number of halogens is 5. The zero-order valence-electron chi connectivity index (χ0n) is 3.25. The van der Waals surface area contributed by atoms with Gasteiger partial charge in [-0.05, 0) is 0 Å². The molecule has 0 heterocycles. The topological polar surface area (TPSA) is 0 Å². The van der Waals surface area contributed by atoms with Crippen LogP contribution in [0.15, 0.2) is 0 Å². The van der Waals surface area contributed by atoms with E-state index in [1.165, 1.54) is 0 Å². The summed E-state index contributed by atoms with van der Waals surface area (Å²) in [7, 11) is 0. The average molecular weight is 340 g/mol. The van der Waals surface area contributed by atoms with E-state index in [2.05, 4.69) is 0 Å². The van der Waals surface area contributed by atoms with E-state index in [0.717, 1.165) is 0 Å². The van der Waals surface area contributed by atoms with E-state index in [1.54, 1.807) is 0 Å². The molecule has 0 spiro atoms. The van der Waals surface area contributed by atoms with Gasteiger partial charge in [0.1, 0.15) is 0 Å². The SMILES string of the molecule is Br.Cl.Cl.Cl.Cl.[Ti].[Zn]. The van der Waals surface area contributed by atoms with Crippen LogP contribution in [0.3, 0.4) is 0 Å². The van der Waals surface area contributed by atoms with Crippen LogP contribution in [0, 0.1) is 0 Å². The second-order valence-corrected chi connectivity index (χ2v) is 0. The molecule has 0 nitrogen and oxygen atoms in total. The summed E-state index contributed by atoms with van der Waals surface area (Å²) >= 11 is 0. The van der Waals surface area contributed by atoms with Gasteiger partial charge in [0.15, 0.2) is 0 Å². The van der Waals surface area contributed by atoms with E-state index in [4.69, 9.17) is 0 Å². The molecule has 0 aliphatic carbocycles. The monoisotopic (exact) mass is 336 g/mol. The third-order valence-corrected chi connectivity index (χ3v) is 0. The molecule has 0 amide bonds. The third kappa shape index (κ3) is 49.3. The van der Waals surface area contributed by atoms with Crippen molar-refractivity contribution in [3.8, 4) is 0 Å². The zero-order valence-corrected chi connectivity index (χ0v) is 12.8. The normalized spacial score (nSPS) is 0. The van der Waals surface area contributed by atoms with Gasteiger partial charge in [0, 0.05) is 41.2 Å². The molecule has 0 fully saturated rings. The third-order valence-electron chi connectivity index (χ3n) is 0. The minimum atomic E-state index is 0. The molecule has 0 aromatic rings. The van der Waals surface area contributed by atoms with Gasteiger partial charge in [0.25, 0.3) is 0 Å². The van der Waals surface area contributed by atoms with E-state index in [1.807, 2.05) is 0 Å². The molecule has 0 atom stereocenters. The average Bonchev–Trinajstić information content (AvgIpc) is 0. The summed E-state index contributed by atoms with van der Waals surface area (Å²) < 4.78 is 0. The van der Waals surface area contributed by atoms with Gasteiger partial charge in [-0.25, -0.2) is 0 Å². The summed E-state index contributed by atoms with van der Waals surface area (Å²) in [5.41, 5.74) is 0. The summed E-state index contributed by atoms with van der Waals surface area (Å²) in [4.78, 5) is 0. The molecule has 0 aromatic carbocycles. The summed E-state index contributed by atoms with van der Waals surface area (Å²) in [6.07, 6.45) is 0. The van der Waals surface area contributed by atoms with Gasteiger partial charge in [0.05, 0.1) is 0 Å². The Morgan fingerprint density at radius 1 is 0.571 bits per heavy atom. The predicted octanol–water partition coefficient (Wildman–Crippen LogP) is 2.26. The molecular formula is H5BrCl4TiZn. The predicted molar refractivity (Wildman–Crippen MR) is 39.3 cm³/mol. The quantitative estimate of drug-likeness (QED) is 0.594. The Labute approximate surface area is 106 Å². The minimum Gasteiger partial charge on any atom is -0.147 e. The first-order valence-electron chi connectivity index (χ1n) is 0. The smallest absolute Gasteiger partial charge is 0 e. The first kappa shape index (κ1) is 90.7. The van der Waals surface area contributed by atoms with E-state index in [9.17, 15) is 0 Å². The molecule has 7 heteroatoms. The molecule has 0 aromatic heterocycles. The molecule has 0 aliphatic rings. The summed E-state index contributed by atoms with van der Waals surface area (Å²) in [6, 6.07) is 0. The van der Waals surface area contributed by atoms with Crippen LogP contribution < -0.4 is 0 Å². The van der Waals surface area contributed by atoms with Crippen LogP contribution in [0.25, 0.3) is 0 Å². The Morgan fingerprint density at radius 2 is 0.571 bits per heavy atom. The molecule has 7 heavy (non-hydrogen) atoms. The second kappa shape index (κ2) is 64.4. The molecule has 0 radical (unpaired) electrons. The first-order valence-corrected chi connectivity index (χ1v) is 0. The maximum absolute atomic E-state index is 0. The van der Waals surface area contributed by atoms with E-state index >= 15 is 0 Å². The van der Waals surface area contributed by atoms with Crippen molar-refractivity contribution in [1.82, 2.24) is 0 Å². The van der Waals surface area contributed by atoms with Gasteiger partial charge in [-0.3, -0.25) is 0 Å². The number of hydrogen-bond acceptors (Lipinski definition) is 0. The Bertz CT molecular complexity index is 11.7. The minimum absolute atomic E-state index is 0. The van der Waals surface area contributed by atoms with Crippen molar-refractivity contribution in [2.45, 2.75) is 0 Å². The largest absolute Gasteiger partial charge is 0.147 e. The van der Waals surface area contributed by atoms with Crippen LogP contribution >= 0.6 is 66.6 Å². The maximum Gasteiger partial charge on any atom is 0 e. The van der Waals surface area contributed by atoms with Crippen LogP contribution in [-0.2, 0) is 41.2 Å². The van der Waals surface area contributed by atoms with Gasteiger partial charge in [-0.1, -0.05) is 0 Å². The summed E-state index contributed by atoms with van der Waals surface area (Å²) in [5.74, 6) is 0. The van der Waals surface area contributed by atoms with Crippen LogP contribution in [0.1, 0.15) is 0 Å². The van der Waals surface area contributed by atoms with E-state index < -0.39 is 0 Å². The van der Waals surface area contributed by atoms with Gasteiger partial charge in [0.2, 0.25) is 0 Å². The zero-order chi connectivity index (χ0) is 0. The molecule has 0 bridgehead atoms. The van der Waals surface area contributed by atoms with Crippen molar-refractivity contribution < 1.29 is 41.2 Å². The molecule has 0 saturated carbocycles. The maximum atomic E-state index is 0. The molecule has 0 aliphatic heterocycles. The van der Waals surface area contributed by atoms with E-state index in [0.29, 0.717) is 0 Å². The summed E-state index contributed by atoms with van der Waals surface area (Å²) in [5, 5.41) is 0. The summed E-state index contributed by atoms with van der Waals surface area (Å²) in [6.45, 7) is 0. The molecule has 46 valence electrons. The molecule has 0 unspecified atom stereocenters. The second-order valence-electron chi connectivity index (χ2n) is 0.